The van der Waals surface area contributed by atoms with Crippen LogP contribution in [0.3, 0.4) is 0 Å². The van der Waals surface area contributed by atoms with E-state index in [0.717, 1.165) is 42.5 Å². The minimum absolute atomic E-state index is 0.312. The van der Waals surface area contributed by atoms with Gasteiger partial charge in [0.25, 0.3) is 0 Å². The first-order valence-corrected chi connectivity index (χ1v) is 8.67. The van der Waals surface area contributed by atoms with Gasteiger partial charge in [0.05, 0.1) is 12.6 Å². The van der Waals surface area contributed by atoms with Crippen LogP contribution in [0, 0.1) is 11.8 Å². The number of nitrogens with zero attached hydrogens (tertiary/aromatic N) is 2. The lowest BCUT2D eigenvalue weighted by atomic mass is 9.73. The highest BCUT2D eigenvalue weighted by molar-refractivity contribution is 5.83. The Bertz CT molecular complexity index is 760. The second-order valence-electron chi connectivity index (χ2n) is 7.02. The van der Waals surface area contributed by atoms with Crippen LogP contribution in [0.25, 0.3) is 10.9 Å². The second-order valence-corrected chi connectivity index (χ2v) is 7.02. The molecule has 2 bridgehead atoms. The smallest absolute Gasteiger partial charge is 0.119 e. The molecule has 1 N–H and O–H groups in total. The molecule has 3 saturated heterocycles. The number of aromatic nitrogens is 1. The summed E-state index contributed by atoms with van der Waals surface area (Å²) in [5.41, 5.74) is 2.27. The molecule has 4 heteroatoms. The molecule has 5 atom stereocenters. The Morgan fingerprint density at radius 3 is 3.00 bits per heavy atom. The maximum absolute atomic E-state index is 10.4. The van der Waals surface area contributed by atoms with Crippen molar-refractivity contribution >= 4 is 10.9 Å². The van der Waals surface area contributed by atoms with Gasteiger partial charge in [0.15, 0.2) is 0 Å². The molecule has 4 nitrogen and oxygen atoms in total. The third-order valence-electron chi connectivity index (χ3n) is 5.76. The van der Waals surface area contributed by atoms with Gasteiger partial charge in [-0.15, -0.1) is 6.58 Å². The summed E-state index contributed by atoms with van der Waals surface area (Å²) in [4.78, 5) is 6.73. The highest BCUT2D eigenvalue weighted by Crippen LogP contribution is 2.41. The van der Waals surface area contributed by atoms with Gasteiger partial charge in [-0.25, -0.2) is 0 Å². The van der Waals surface area contributed by atoms with Gasteiger partial charge < -0.3 is 9.84 Å². The molecule has 0 amide bonds. The van der Waals surface area contributed by atoms with E-state index < -0.39 is 0 Å². The first-order valence-electron chi connectivity index (χ1n) is 8.67. The third-order valence-corrected chi connectivity index (χ3v) is 5.76. The number of hydrogen-bond acceptors (Lipinski definition) is 4. The molecule has 24 heavy (non-hydrogen) atoms. The minimum Gasteiger partial charge on any atom is -0.497 e. The molecule has 0 saturated carbocycles. The van der Waals surface area contributed by atoms with E-state index in [4.69, 9.17) is 4.74 Å². The van der Waals surface area contributed by atoms with E-state index in [1.807, 2.05) is 18.3 Å². The topological polar surface area (TPSA) is 45.6 Å². The number of aliphatic hydroxyl groups is 1. The van der Waals surface area contributed by atoms with E-state index in [0.29, 0.717) is 17.9 Å². The molecule has 126 valence electrons. The molecule has 3 fully saturated rings. The van der Waals surface area contributed by atoms with Gasteiger partial charge in [-0.1, -0.05) is 6.08 Å². The number of benzene rings is 1. The summed E-state index contributed by atoms with van der Waals surface area (Å²) in [6.07, 6.45) is 6.56. The average Bonchev–Trinajstić information content (AvgIpc) is 2.61. The molecule has 1 aromatic carbocycles. The lowest BCUT2D eigenvalue weighted by Gasteiger charge is -2.52. The Balaban J connectivity index is 1.64. The maximum atomic E-state index is 10.4. The van der Waals surface area contributed by atoms with Gasteiger partial charge in [-0.05, 0) is 60.9 Å². The molecule has 2 aromatic rings. The standard InChI is InChI=1S/C20H24N2O2/c1-3-13-12-22-16(9-15(13)10-20(22)23)8-14-6-7-21-19-5-4-17(24-2)11-18(14)19/h3-7,11,13,15-16,20,23H,1,8-10,12H2,2H3/t13-,15+,16-,20?/m0/s1. The number of fused-ring (bicyclic) bond motifs is 4. The summed E-state index contributed by atoms with van der Waals surface area (Å²) in [6.45, 7) is 4.89. The number of aliphatic hydroxyl groups excluding tert-OH is 1. The normalized spacial score (nSPS) is 32.0. The second kappa shape index (κ2) is 6.19. The summed E-state index contributed by atoms with van der Waals surface area (Å²) < 4.78 is 5.37. The van der Waals surface area contributed by atoms with Crippen molar-refractivity contribution in [3.63, 3.8) is 0 Å². The first-order chi connectivity index (χ1) is 11.7. The maximum Gasteiger partial charge on any atom is 0.119 e. The number of methoxy groups -OCH3 is 1. The van der Waals surface area contributed by atoms with Crippen molar-refractivity contribution < 1.29 is 9.84 Å². The van der Waals surface area contributed by atoms with Crippen molar-refractivity contribution in [3.8, 4) is 5.75 Å². The number of rotatable bonds is 4. The van der Waals surface area contributed by atoms with Crippen LogP contribution < -0.4 is 4.74 Å². The van der Waals surface area contributed by atoms with Crippen LogP contribution >= 0.6 is 0 Å². The number of hydrogen-bond donors (Lipinski definition) is 1. The first kappa shape index (κ1) is 15.6. The Hall–Kier alpha value is -1.91. The van der Waals surface area contributed by atoms with E-state index in [1.54, 1.807) is 7.11 Å². The van der Waals surface area contributed by atoms with Crippen LogP contribution in [0.5, 0.6) is 5.75 Å². The Morgan fingerprint density at radius 1 is 1.38 bits per heavy atom. The molecular formula is C20H24N2O2. The Kier molecular flexibility index (Phi) is 4.02. The van der Waals surface area contributed by atoms with Crippen LogP contribution in [0.15, 0.2) is 43.1 Å². The van der Waals surface area contributed by atoms with E-state index >= 15 is 0 Å². The van der Waals surface area contributed by atoms with Crippen molar-refractivity contribution in [1.82, 2.24) is 9.88 Å². The SMILES string of the molecule is C=C[C@H]1C[N@]2C(O)C[C@H]1C[C@@H]2Cc1ccnc2ccc(OC)cc12. The average molecular weight is 324 g/mol. The Labute approximate surface area is 142 Å². The van der Waals surface area contributed by atoms with Crippen LogP contribution in [0.2, 0.25) is 0 Å². The van der Waals surface area contributed by atoms with Crippen molar-refractivity contribution in [1.29, 1.82) is 0 Å². The van der Waals surface area contributed by atoms with Crippen LogP contribution in [0.4, 0.5) is 0 Å². The lowest BCUT2D eigenvalue weighted by molar-refractivity contribution is -0.124. The van der Waals surface area contributed by atoms with E-state index in [2.05, 4.69) is 34.7 Å². The zero-order valence-corrected chi connectivity index (χ0v) is 14.1. The lowest BCUT2D eigenvalue weighted by Crippen LogP contribution is -2.58. The fourth-order valence-electron chi connectivity index (χ4n) is 4.45. The minimum atomic E-state index is -0.312. The number of ether oxygens (including phenoxy) is 1. The van der Waals surface area contributed by atoms with Crippen molar-refractivity contribution in [2.24, 2.45) is 11.8 Å². The van der Waals surface area contributed by atoms with Gasteiger partial charge >= 0.3 is 0 Å². The molecule has 0 aliphatic carbocycles. The molecule has 0 spiro atoms. The zero-order valence-electron chi connectivity index (χ0n) is 14.1. The Morgan fingerprint density at radius 2 is 2.25 bits per heavy atom. The van der Waals surface area contributed by atoms with Crippen LogP contribution in [-0.4, -0.2) is 40.9 Å². The van der Waals surface area contributed by atoms with Gasteiger partial charge in [0.2, 0.25) is 0 Å². The van der Waals surface area contributed by atoms with Gasteiger partial charge in [0.1, 0.15) is 12.0 Å². The summed E-state index contributed by atoms with van der Waals surface area (Å²) in [6, 6.07) is 8.50. The predicted octanol–water partition coefficient (Wildman–Crippen LogP) is 3.00. The van der Waals surface area contributed by atoms with Crippen molar-refractivity contribution in [3.05, 3.63) is 48.7 Å². The fourth-order valence-corrected chi connectivity index (χ4v) is 4.45. The summed E-state index contributed by atoms with van der Waals surface area (Å²) in [5.74, 6) is 1.92. The molecule has 5 rings (SSSR count). The quantitative estimate of drug-likeness (QED) is 0.878. The summed E-state index contributed by atoms with van der Waals surface area (Å²) in [5, 5.41) is 11.6. The van der Waals surface area contributed by atoms with Crippen LogP contribution in [-0.2, 0) is 6.42 Å². The highest BCUT2D eigenvalue weighted by Gasteiger charge is 2.43. The number of piperidine rings is 3. The third kappa shape index (κ3) is 2.60. The number of pyridine rings is 1. The molecule has 3 aliphatic rings. The van der Waals surface area contributed by atoms with Gasteiger partial charge in [-0.3, -0.25) is 9.88 Å². The van der Waals surface area contributed by atoms with E-state index in [-0.39, 0.29) is 6.23 Å². The van der Waals surface area contributed by atoms with E-state index in [9.17, 15) is 5.11 Å². The molecular weight excluding hydrogens is 300 g/mol. The molecule has 4 heterocycles. The van der Waals surface area contributed by atoms with Gasteiger partial charge in [0, 0.05) is 24.2 Å². The van der Waals surface area contributed by atoms with Gasteiger partial charge in [-0.2, -0.15) is 0 Å². The van der Waals surface area contributed by atoms with E-state index in [1.165, 1.54) is 5.56 Å². The fraction of sp³-hybridized carbons (Fsp3) is 0.450. The molecule has 0 radical (unpaired) electrons. The molecule has 1 unspecified atom stereocenters. The molecule has 1 aromatic heterocycles. The summed E-state index contributed by atoms with van der Waals surface area (Å²) >= 11 is 0. The molecule has 3 aliphatic heterocycles. The largest absolute Gasteiger partial charge is 0.497 e. The highest BCUT2D eigenvalue weighted by atomic mass is 16.5. The van der Waals surface area contributed by atoms with Crippen LogP contribution in [0.1, 0.15) is 18.4 Å². The summed E-state index contributed by atoms with van der Waals surface area (Å²) in [7, 11) is 1.69. The zero-order chi connectivity index (χ0) is 16.7. The van der Waals surface area contributed by atoms with Crippen molar-refractivity contribution in [2.75, 3.05) is 13.7 Å². The monoisotopic (exact) mass is 324 g/mol. The van der Waals surface area contributed by atoms with Crippen molar-refractivity contribution in [2.45, 2.75) is 31.5 Å². The predicted molar refractivity (Wildman–Crippen MR) is 94.9 cm³/mol.